The van der Waals surface area contributed by atoms with E-state index in [2.05, 4.69) is 15.9 Å². The lowest BCUT2D eigenvalue weighted by Crippen LogP contribution is -2.46. The van der Waals surface area contributed by atoms with Crippen molar-refractivity contribution < 1.29 is 9.13 Å². The molecule has 0 aliphatic carbocycles. The molecule has 2 N–H and O–H groups in total. The topological polar surface area (TPSA) is 35.2 Å². The van der Waals surface area contributed by atoms with Gasteiger partial charge in [-0.2, -0.15) is 0 Å². The molecule has 16 heavy (non-hydrogen) atoms. The fraction of sp³-hybridized carbons (Fsp3) is 0.500. The predicted octanol–water partition coefficient (Wildman–Crippen LogP) is 2.88. The Morgan fingerprint density at radius 2 is 2.12 bits per heavy atom. The van der Waals surface area contributed by atoms with Crippen LogP contribution >= 0.6 is 15.9 Å². The highest BCUT2D eigenvalue weighted by Crippen LogP contribution is 2.20. The standard InChI is InChI=1S/C12H17BrFNO/c1-12(2,16-3)11(15)6-8-4-5-9(13)7-10(8)14/h4-5,7,11H,6,15H2,1-3H3. The van der Waals surface area contributed by atoms with Crippen molar-refractivity contribution in [2.75, 3.05) is 7.11 Å². The first-order chi connectivity index (χ1) is 7.36. The minimum Gasteiger partial charge on any atom is -0.377 e. The van der Waals surface area contributed by atoms with Crippen LogP contribution in [0, 0.1) is 5.82 Å². The van der Waals surface area contributed by atoms with E-state index in [4.69, 9.17) is 10.5 Å². The molecule has 1 atom stereocenters. The van der Waals surface area contributed by atoms with Crippen LogP contribution in [-0.4, -0.2) is 18.8 Å². The molecule has 0 radical (unpaired) electrons. The zero-order chi connectivity index (χ0) is 12.3. The molecule has 1 aromatic rings. The summed E-state index contributed by atoms with van der Waals surface area (Å²) in [5.41, 5.74) is 6.15. The molecule has 0 spiro atoms. The van der Waals surface area contributed by atoms with E-state index in [1.807, 2.05) is 19.9 Å². The van der Waals surface area contributed by atoms with Crippen molar-refractivity contribution in [3.05, 3.63) is 34.1 Å². The third kappa shape index (κ3) is 3.27. The largest absolute Gasteiger partial charge is 0.377 e. The van der Waals surface area contributed by atoms with Crippen LogP contribution in [0.1, 0.15) is 19.4 Å². The van der Waals surface area contributed by atoms with E-state index in [1.165, 1.54) is 6.07 Å². The van der Waals surface area contributed by atoms with E-state index in [9.17, 15) is 4.39 Å². The molecule has 4 heteroatoms. The second kappa shape index (κ2) is 5.25. The Labute approximate surface area is 104 Å². The lowest BCUT2D eigenvalue weighted by molar-refractivity contribution is 0.000637. The van der Waals surface area contributed by atoms with Gasteiger partial charge in [0.15, 0.2) is 0 Å². The van der Waals surface area contributed by atoms with E-state index in [1.54, 1.807) is 13.2 Å². The molecule has 2 nitrogen and oxygen atoms in total. The van der Waals surface area contributed by atoms with Gasteiger partial charge in [-0.3, -0.25) is 0 Å². The van der Waals surface area contributed by atoms with Gasteiger partial charge in [0.2, 0.25) is 0 Å². The summed E-state index contributed by atoms with van der Waals surface area (Å²) in [5.74, 6) is -0.239. The van der Waals surface area contributed by atoms with Crippen LogP contribution in [0.4, 0.5) is 4.39 Å². The van der Waals surface area contributed by atoms with Crippen molar-refractivity contribution in [3.63, 3.8) is 0 Å². The zero-order valence-corrected chi connectivity index (χ0v) is 11.3. The fourth-order valence-corrected chi connectivity index (χ4v) is 1.65. The number of hydrogen-bond acceptors (Lipinski definition) is 2. The second-order valence-electron chi connectivity index (χ2n) is 4.35. The first-order valence-corrected chi connectivity index (χ1v) is 5.91. The quantitative estimate of drug-likeness (QED) is 0.925. The highest BCUT2D eigenvalue weighted by Gasteiger charge is 2.26. The molecule has 0 saturated heterocycles. The minimum atomic E-state index is -0.459. The molecule has 1 rings (SSSR count). The van der Waals surface area contributed by atoms with Crippen molar-refractivity contribution in [1.29, 1.82) is 0 Å². The molecule has 1 aromatic carbocycles. The lowest BCUT2D eigenvalue weighted by atomic mass is 9.93. The average Bonchev–Trinajstić information content (AvgIpc) is 2.22. The molecule has 90 valence electrons. The smallest absolute Gasteiger partial charge is 0.127 e. The van der Waals surface area contributed by atoms with E-state index >= 15 is 0 Å². The SMILES string of the molecule is COC(C)(C)C(N)Cc1ccc(Br)cc1F. The first-order valence-electron chi connectivity index (χ1n) is 5.11. The lowest BCUT2D eigenvalue weighted by Gasteiger charge is -2.30. The van der Waals surface area contributed by atoms with E-state index in [0.717, 1.165) is 4.47 Å². The Balaban J connectivity index is 2.81. The van der Waals surface area contributed by atoms with Crippen LogP contribution < -0.4 is 5.73 Å². The van der Waals surface area contributed by atoms with Gasteiger partial charge in [0.05, 0.1) is 5.60 Å². The number of benzene rings is 1. The molecule has 0 heterocycles. The monoisotopic (exact) mass is 289 g/mol. The zero-order valence-electron chi connectivity index (χ0n) is 9.76. The van der Waals surface area contributed by atoms with Gasteiger partial charge in [-0.25, -0.2) is 4.39 Å². The summed E-state index contributed by atoms with van der Waals surface area (Å²) in [5, 5.41) is 0. The molecule has 0 fully saturated rings. The molecular formula is C12H17BrFNO. The fourth-order valence-electron chi connectivity index (χ4n) is 1.32. The van der Waals surface area contributed by atoms with Gasteiger partial charge in [0, 0.05) is 17.6 Å². The third-order valence-electron chi connectivity index (χ3n) is 2.87. The number of ether oxygens (including phenoxy) is 1. The summed E-state index contributed by atoms with van der Waals surface area (Å²) in [6.45, 7) is 3.79. The summed E-state index contributed by atoms with van der Waals surface area (Å²) in [7, 11) is 1.61. The molecule has 0 bridgehead atoms. The van der Waals surface area contributed by atoms with E-state index in [0.29, 0.717) is 12.0 Å². The van der Waals surface area contributed by atoms with Gasteiger partial charge in [0.1, 0.15) is 5.82 Å². The van der Waals surface area contributed by atoms with Crippen LogP contribution in [-0.2, 0) is 11.2 Å². The minimum absolute atomic E-state index is 0.239. The summed E-state index contributed by atoms with van der Waals surface area (Å²) in [4.78, 5) is 0. The molecule has 0 amide bonds. The van der Waals surface area contributed by atoms with Gasteiger partial charge < -0.3 is 10.5 Å². The van der Waals surface area contributed by atoms with Crippen LogP contribution in [0.25, 0.3) is 0 Å². The summed E-state index contributed by atoms with van der Waals surface area (Å²) < 4.78 is 19.6. The van der Waals surface area contributed by atoms with Crippen molar-refractivity contribution >= 4 is 15.9 Å². The molecular weight excluding hydrogens is 273 g/mol. The summed E-state index contributed by atoms with van der Waals surface area (Å²) >= 11 is 3.22. The maximum atomic E-state index is 13.6. The maximum absolute atomic E-state index is 13.6. The van der Waals surface area contributed by atoms with Crippen molar-refractivity contribution in [2.24, 2.45) is 5.73 Å². The Kier molecular flexibility index (Phi) is 4.47. The number of halogens is 2. The molecule has 1 unspecified atom stereocenters. The Hall–Kier alpha value is -0.450. The van der Waals surface area contributed by atoms with Crippen molar-refractivity contribution in [3.8, 4) is 0 Å². The van der Waals surface area contributed by atoms with Gasteiger partial charge in [-0.1, -0.05) is 22.0 Å². The number of nitrogens with two attached hydrogens (primary N) is 1. The van der Waals surface area contributed by atoms with E-state index in [-0.39, 0.29) is 11.9 Å². The highest BCUT2D eigenvalue weighted by molar-refractivity contribution is 9.10. The average molecular weight is 290 g/mol. The molecule has 0 aliphatic rings. The first kappa shape index (κ1) is 13.6. The molecule has 0 saturated carbocycles. The van der Waals surface area contributed by atoms with E-state index < -0.39 is 5.60 Å². The van der Waals surface area contributed by atoms with Crippen LogP contribution in [0.5, 0.6) is 0 Å². The molecule has 0 aliphatic heterocycles. The van der Waals surface area contributed by atoms with Crippen molar-refractivity contribution in [2.45, 2.75) is 31.9 Å². The van der Waals surface area contributed by atoms with Gasteiger partial charge in [0.25, 0.3) is 0 Å². The number of rotatable bonds is 4. The van der Waals surface area contributed by atoms with Crippen LogP contribution in [0.3, 0.4) is 0 Å². The van der Waals surface area contributed by atoms with Gasteiger partial charge in [-0.15, -0.1) is 0 Å². The molecule has 0 aromatic heterocycles. The number of methoxy groups -OCH3 is 1. The van der Waals surface area contributed by atoms with Crippen LogP contribution in [0.2, 0.25) is 0 Å². The predicted molar refractivity (Wildman–Crippen MR) is 66.9 cm³/mol. The Bertz CT molecular complexity index is 368. The van der Waals surface area contributed by atoms with Crippen LogP contribution in [0.15, 0.2) is 22.7 Å². The van der Waals surface area contributed by atoms with Crippen molar-refractivity contribution in [1.82, 2.24) is 0 Å². The third-order valence-corrected chi connectivity index (χ3v) is 3.37. The van der Waals surface area contributed by atoms with Gasteiger partial charge >= 0.3 is 0 Å². The Morgan fingerprint density at radius 1 is 1.50 bits per heavy atom. The summed E-state index contributed by atoms with van der Waals surface area (Å²) in [6, 6.07) is 4.76. The normalized spacial score (nSPS) is 13.9. The second-order valence-corrected chi connectivity index (χ2v) is 5.27. The number of hydrogen-bond donors (Lipinski definition) is 1. The van der Waals surface area contributed by atoms with Gasteiger partial charge in [-0.05, 0) is 38.0 Å². The summed E-state index contributed by atoms with van der Waals surface area (Å²) in [6.07, 6.45) is 0.458. The highest BCUT2D eigenvalue weighted by atomic mass is 79.9. The maximum Gasteiger partial charge on any atom is 0.127 e. The Morgan fingerprint density at radius 3 is 2.62 bits per heavy atom.